The molecule has 2 aromatic carbocycles. The molecule has 1 saturated heterocycles. The number of nitrogens with zero attached hydrogens (tertiary/aromatic N) is 1. The van der Waals surface area contributed by atoms with Crippen molar-refractivity contribution in [1.82, 2.24) is 4.90 Å². The quantitative estimate of drug-likeness (QED) is 0.554. The highest BCUT2D eigenvalue weighted by molar-refractivity contribution is 8.18. The number of hydrogen-bond acceptors (Lipinski definition) is 5. The average molecular weight is 459 g/mol. The molecule has 0 saturated carbocycles. The average Bonchev–Trinajstić information content (AvgIpc) is 2.99. The van der Waals surface area contributed by atoms with Crippen LogP contribution in [-0.2, 0) is 9.59 Å². The molecular formula is C23H23ClN2O4S. The molecule has 1 fully saturated rings. The summed E-state index contributed by atoms with van der Waals surface area (Å²) >= 11 is 6.88. The topological polar surface area (TPSA) is 75.7 Å². The van der Waals surface area contributed by atoms with Crippen LogP contribution in [-0.4, -0.2) is 34.6 Å². The summed E-state index contributed by atoms with van der Waals surface area (Å²) in [5.41, 5.74) is 2.15. The van der Waals surface area contributed by atoms with Crippen molar-refractivity contribution in [3.63, 3.8) is 0 Å². The number of amides is 3. The van der Waals surface area contributed by atoms with Crippen molar-refractivity contribution in [1.29, 1.82) is 0 Å². The van der Waals surface area contributed by atoms with E-state index in [1.807, 2.05) is 45.0 Å². The fourth-order valence-corrected chi connectivity index (χ4v) is 3.78. The molecule has 0 spiro atoms. The molecule has 0 aliphatic carbocycles. The maximum absolute atomic E-state index is 12.6. The highest BCUT2D eigenvalue weighted by Gasteiger charge is 2.36. The van der Waals surface area contributed by atoms with Gasteiger partial charge in [0.25, 0.3) is 11.1 Å². The molecule has 0 bridgehead atoms. The Kier molecular flexibility index (Phi) is 7.41. The molecule has 31 heavy (non-hydrogen) atoms. The predicted molar refractivity (Wildman–Crippen MR) is 124 cm³/mol. The van der Waals surface area contributed by atoms with E-state index in [1.165, 1.54) is 0 Å². The maximum Gasteiger partial charge on any atom is 0.294 e. The van der Waals surface area contributed by atoms with Gasteiger partial charge in [0, 0.05) is 10.7 Å². The number of nitrogens with one attached hydrogen (secondary N) is 1. The zero-order chi connectivity index (χ0) is 22.5. The maximum atomic E-state index is 12.6. The fraction of sp³-hybridized carbons (Fsp3) is 0.261. The standard InChI is InChI=1S/C23H23ClN2O4S/c1-4-15(3)30-18-9-6-16(7-10-18)11-20-22(28)26(23(29)31-20)13-21(27)25-17-8-5-14(2)19(24)12-17/h5-12,15H,4,13H2,1-3H3,(H,25,27)/b20-11-/t15-/m1/s1. The molecule has 3 rings (SSSR count). The Bertz CT molecular complexity index is 1040. The van der Waals surface area contributed by atoms with E-state index < -0.39 is 17.1 Å². The number of rotatable bonds is 7. The predicted octanol–water partition coefficient (Wildman–Crippen LogP) is 5.50. The van der Waals surface area contributed by atoms with Crippen molar-refractivity contribution in [3.05, 3.63) is 63.5 Å². The number of benzene rings is 2. The van der Waals surface area contributed by atoms with Gasteiger partial charge < -0.3 is 10.1 Å². The normalized spacial score (nSPS) is 16.0. The number of carbonyl (C=O) groups is 3. The van der Waals surface area contributed by atoms with Crippen LogP contribution in [0.2, 0.25) is 5.02 Å². The molecule has 1 aliphatic rings. The summed E-state index contributed by atoms with van der Waals surface area (Å²) in [6.07, 6.45) is 2.65. The number of carbonyl (C=O) groups excluding carboxylic acids is 3. The van der Waals surface area contributed by atoms with E-state index in [0.29, 0.717) is 10.7 Å². The van der Waals surface area contributed by atoms with Gasteiger partial charge in [0.1, 0.15) is 12.3 Å². The molecule has 0 aromatic heterocycles. The fourth-order valence-electron chi connectivity index (χ4n) is 2.76. The van der Waals surface area contributed by atoms with Crippen molar-refractivity contribution < 1.29 is 19.1 Å². The van der Waals surface area contributed by atoms with Crippen LogP contribution in [0.25, 0.3) is 6.08 Å². The van der Waals surface area contributed by atoms with Crippen molar-refractivity contribution in [2.45, 2.75) is 33.3 Å². The number of hydrogen-bond donors (Lipinski definition) is 1. The number of halogens is 1. The number of aryl methyl sites for hydroxylation is 1. The van der Waals surface area contributed by atoms with Gasteiger partial charge in [-0.15, -0.1) is 0 Å². The van der Waals surface area contributed by atoms with Crippen LogP contribution in [0.5, 0.6) is 5.75 Å². The van der Waals surface area contributed by atoms with Gasteiger partial charge in [-0.2, -0.15) is 0 Å². The zero-order valence-corrected chi connectivity index (χ0v) is 19.0. The number of ether oxygens (including phenoxy) is 1. The molecule has 0 unspecified atom stereocenters. The Balaban J connectivity index is 1.64. The Morgan fingerprint density at radius 1 is 1.23 bits per heavy atom. The second kappa shape index (κ2) is 10.0. The first-order valence-electron chi connectivity index (χ1n) is 9.85. The Morgan fingerprint density at radius 3 is 2.58 bits per heavy atom. The van der Waals surface area contributed by atoms with Crippen molar-refractivity contribution in [2.75, 3.05) is 11.9 Å². The van der Waals surface area contributed by atoms with E-state index >= 15 is 0 Å². The minimum Gasteiger partial charge on any atom is -0.491 e. The van der Waals surface area contributed by atoms with E-state index in [1.54, 1.807) is 24.3 Å². The first-order chi connectivity index (χ1) is 14.8. The largest absolute Gasteiger partial charge is 0.491 e. The highest BCUT2D eigenvalue weighted by Crippen LogP contribution is 2.32. The van der Waals surface area contributed by atoms with Crippen LogP contribution in [0.4, 0.5) is 10.5 Å². The molecule has 1 N–H and O–H groups in total. The van der Waals surface area contributed by atoms with E-state index in [2.05, 4.69) is 5.32 Å². The molecule has 3 amide bonds. The van der Waals surface area contributed by atoms with Crippen LogP contribution in [0.3, 0.4) is 0 Å². The molecule has 1 atom stereocenters. The first kappa shape index (κ1) is 22.9. The van der Waals surface area contributed by atoms with Crippen molar-refractivity contribution in [2.24, 2.45) is 0 Å². The van der Waals surface area contributed by atoms with Gasteiger partial charge in [0.15, 0.2) is 0 Å². The molecule has 1 heterocycles. The third-order valence-corrected chi connectivity index (χ3v) is 6.04. The summed E-state index contributed by atoms with van der Waals surface area (Å²) in [7, 11) is 0. The van der Waals surface area contributed by atoms with E-state index in [9.17, 15) is 14.4 Å². The summed E-state index contributed by atoms with van der Waals surface area (Å²) in [5.74, 6) is -0.227. The third-order valence-electron chi connectivity index (χ3n) is 4.72. The summed E-state index contributed by atoms with van der Waals surface area (Å²) in [4.78, 5) is 38.5. The van der Waals surface area contributed by atoms with Crippen LogP contribution in [0.1, 0.15) is 31.4 Å². The SMILES string of the molecule is CC[C@@H](C)Oc1ccc(/C=C2\SC(=O)N(CC(=O)Nc3ccc(C)c(Cl)c3)C2=O)cc1. The summed E-state index contributed by atoms with van der Waals surface area (Å²) < 4.78 is 5.74. The van der Waals surface area contributed by atoms with Gasteiger partial charge >= 0.3 is 0 Å². The molecule has 2 aromatic rings. The third kappa shape index (κ3) is 5.89. The lowest BCUT2D eigenvalue weighted by Gasteiger charge is -2.13. The first-order valence-corrected chi connectivity index (χ1v) is 11.0. The summed E-state index contributed by atoms with van der Waals surface area (Å²) in [6, 6.07) is 12.4. The molecule has 6 nitrogen and oxygen atoms in total. The molecular weight excluding hydrogens is 436 g/mol. The second-order valence-corrected chi connectivity index (χ2v) is 8.59. The van der Waals surface area contributed by atoms with Gasteiger partial charge in [-0.05, 0) is 73.5 Å². The van der Waals surface area contributed by atoms with E-state index in [4.69, 9.17) is 16.3 Å². The van der Waals surface area contributed by atoms with Gasteiger partial charge in [-0.1, -0.05) is 36.7 Å². The lowest BCUT2D eigenvalue weighted by molar-refractivity contribution is -0.127. The number of thioether (sulfide) groups is 1. The van der Waals surface area contributed by atoms with Crippen LogP contribution in [0.15, 0.2) is 47.4 Å². The minimum absolute atomic E-state index is 0.115. The summed E-state index contributed by atoms with van der Waals surface area (Å²) in [5, 5.41) is 2.70. The molecule has 8 heteroatoms. The van der Waals surface area contributed by atoms with Crippen LogP contribution in [0, 0.1) is 6.92 Å². The number of anilines is 1. The monoisotopic (exact) mass is 458 g/mol. The van der Waals surface area contributed by atoms with Crippen LogP contribution < -0.4 is 10.1 Å². The molecule has 162 valence electrons. The zero-order valence-electron chi connectivity index (χ0n) is 17.5. The highest BCUT2D eigenvalue weighted by atomic mass is 35.5. The van der Waals surface area contributed by atoms with Gasteiger partial charge in [-0.3, -0.25) is 19.3 Å². The van der Waals surface area contributed by atoms with Gasteiger partial charge in [-0.25, -0.2) is 0 Å². The lowest BCUT2D eigenvalue weighted by atomic mass is 10.2. The van der Waals surface area contributed by atoms with Crippen LogP contribution >= 0.6 is 23.4 Å². The summed E-state index contributed by atoms with van der Waals surface area (Å²) in [6.45, 7) is 5.53. The second-order valence-electron chi connectivity index (χ2n) is 7.19. The smallest absolute Gasteiger partial charge is 0.294 e. The molecule has 0 radical (unpaired) electrons. The van der Waals surface area contributed by atoms with Crippen molar-refractivity contribution in [3.8, 4) is 5.75 Å². The van der Waals surface area contributed by atoms with Gasteiger partial charge in [0.05, 0.1) is 11.0 Å². The van der Waals surface area contributed by atoms with E-state index in [0.717, 1.165) is 40.0 Å². The molecule has 1 aliphatic heterocycles. The minimum atomic E-state index is -0.493. The lowest BCUT2D eigenvalue weighted by Crippen LogP contribution is -2.36. The van der Waals surface area contributed by atoms with Gasteiger partial charge in [0.2, 0.25) is 5.91 Å². The van der Waals surface area contributed by atoms with Crippen molar-refractivity contribution >= 4 is 52.2 Å². The Hall–Kier alpha value is -2.77. The Labute approximate surface area is 190 Å². The van der Waals surface area contributed by atoms with E-state index in [-0.39, 0.29) is 17.6 Å². The number of imide groups is 1. The Morgan fingerprint density at radius 2 is 1.94 bits per heavy atom.